The van der Waals surface area contributed by atoms with Crippen molar-refractivity contribution in [2.75, 3.05) is 13.2 Å². The van der Waals surface area contributed by atoms with Crippen molar-refractivity contribution in [1.82, 2.24) is 15.5 Å². The van der Waals surface area contributed by atoms with E-state index in [0.717, 1.165) is 31.7 Å². The van der Waals surface area contributed by atoms with Crippen LogP contribution in [0.3, 0.4) is 0 Å². The molecule has 1 N–H and O–H groups in total. The first-order valence-corrected chi connectivity index (χ1v) is 7.88. The van der Waals surface area contributed by atoms with Crippen LogP contribution >= 0.6 is 0 Å². The van der Waals surface area contributed by atoms with Crippen LogP contribution in [0.15, 0.2) is 4.52 Å². The predicted molar refractivity (Wildman–Crippen MR) is 77.5 cm³/mol. The second-order valence-corrected chi connectivity index (χ2v) is 5.71. The lowest BCUT2D eigenvalue weighted by Gasteiger charge is -2.24. The Kier molecular flexibility index (Phi) is 5.54. The number of hydrogen-bond acceptors (Lipinski definition) is 5. The molecule has 1 aromatic rings. The van der Waals surface area contributed by atoms with Crippen LogP contribution in [0.5, 0.6) is 0 Å². The van der Waals surface area contributed by atoms with Gasteiger partial charge in [-0.15, -0.1) is 0 Å². The first-order chi connectivity index (χ1) is 9.68. The van der Waals surface area contributed by atoms with Crippen molar-refractivity contribution in [1.29, 1.82) is 0 Å². The summed E-state index contributed by atoms with van der Waals surface area (Å²) in [4.78, 5) is 4.53. The highest BCUT2D eigenvalue weighted by atomic mass is 16.5. The highest BCUT2D eigenvalue weighted by Gasteiger charge is 2.30. The number of aryl methyl sites for hydroxylation is 1. The van der Waals surface area contributed by atoms with E-state index < -0.39 is 5.60 Å². The lowest BCUT2D eigenvalue weighted by molar-refractivity contribution is -0.0403. The zero-order valence-corrected chi connectivity index (χ0v) is 12.9. The molecule has 0 radical (unpaired) electrons. The molecule has 5 nitrogen and oxygen atoms in total. The zero-order chi connectivity index (χ0) is 14.4. The minimum atomic E-state index is -0.431. The molecular formula is C15H27N3O2. The van der Waals surface area contributed by atoms with E-state index in [1.165, 1.54) is 19.3 Å². The summed E-state index contributed by atoms with van der Waals surface area (Å²) in [5, 5.41) is 7.65. The minimum Gasteiger partial charge on any atom is -0.367 e. The lowest BCUT2D eigenvalue weighted by atomic mass is 10.0. The van der Waals surface area contributed by atoms with Crippen molar-refractivity contribution in [3.63, 3.8) is 0 Å². The third kappa shape index (κ3) is 3.79. The summed E-state index contributed by atoms with van der Waals surface area (Å²) in [5.74, 6) is 1.40. The molecule has 2 heterocycles. The highest BCUT2D eigenvalue weighted by molar-refractivity contribution is 4.99. The van der Waals surface area contributed by atoms with Gasteiger partial charge in [0, 0.05) is 19.1 Å². The monoisotopic (exact) mass is 281 g/mol. The Labute approximate surface area is 121 Å². The Morgan fingerprint density at radius 3 is 2.90 bits per heavy atom. The number of ether oxygens (including phenoxy) is 1. The molecule has 1 fully saturated rings. The van der Waals surface area contributed by atoms with Gasteiger partial charge in [-0.2, -0.15) is 4.98 Å². The number of rotatable bonds is 7. The van der Waals surface area contributed by atoms with E-state index in [4.69, 9.17) is 9.26 Å². The maximum atomic E-state index is 5.78. The van der Waals surface area contributed by atoms with Gasteiger partial charge in [-0.05, 0) is 46.1 Å². The first-order valence-electron chi connectivity index (χ1n) is 7.88. The van der Waals surface area contributed by atoms with E-state index in [1.54, 1.807) is 0 Å². The maximum absolute atomic E-state index is 5.78. The van der Waals surface area contributed by atoms with Crippen LogP contribution in [-0.2, 0) is 16.8 Å². The lowest BCUT2D eigenvalue weighted by Crippen LogP contribution is -2.34. The fourth-order valence-corrected chi connectivity index (χ4v) is 2.68. The average molecular weight is 281 g/mol. The van der Waals surface area contributed by atoms with E-state index in [0.29, 0.717) is 18.5 Å². The summed E-state index contributed by atoms with van der Waals surface area (Å²) in [6.45, 7) is 7.88. The maximum Gasteiger partial charge on any atom is 0.226 e. The third-order valence-electron chi connectivity index (χ3n) is 4.20. The van der Waals surface area contributed by atoms with Gasteiger partial charge in [-0.25, -0.2) is 0 Å². The van der Waals surface area contributed by atoms with E-state index in [2.05, 4.69) is 22.4 Å². The van der Waals surface area contributed by atoms with Gasteiger partial charge in [-0.1, -0.05) is 18.5 Å². The van der Waals surface area contributed by atoms with Gasteiger partial charge >= 0.3 is 0 Å². The fourth-order valence-electron chi connectivity index (χ4n) is 2.68. The van der Waals surface area contributed by atoms with Crippen LogP contribution < -0.4 is 5.32 Å². The van der Waals surface area contributed by atoms with Crippen molar-refractivity contribution in [3.8, 4) is 0 Å². The van der Waals surface area contributed by atoms with Crippen LogP contribution in [-0.4, -0.2) is 29.3 Å². The largest absolute Gasteiger partial charge is 0.367 e. The summed E-state index contributed by atoms with van der Waals surface area (Å²) in [5.41, 5.74) is -0.431. The number of nitrogens with zero attached hydrogens (tertiary/aromatic N) is 2. The van der Waals surface area contributed by atoms with Crippen LogP contribution in [0, 0.1) is 0 Å². The average Bonchev–Trinajstić information content (AvgIpc) is 2.96. The predicted octanol–water partition coefficient (Wildman–Crippen LogP) is 2.81. The molecule has 0 bridgehead atoms. The van der Waals surface area contributed by atoms with Gasteiger partial charge in [0.2, 0.25) is 11.7 Å². The second-order valence-electron chi connectivity index (χ2n) is 5.71. The van der Waals surface area contributed by atoms with Gasteiger partial charge in [0.15, 0.2) is 0 Å². The molecule has 2 rings (SSSR count). The molecule has 1 aromatic heterocycles. The molecule has 1 aliphatic heterocycles. The highest BCUT2D eigenvalue weighted by Crippen LogP contribution is 2.26. The summed E-state index contributed by atoms with van der Waals surface area (Å²) < 4.78 is 11.2. The van der Waals surface area contributed by atoms with Gasteiger partial charge in [0.05, 0.1) is 0 Å². The fraction of sp³-hybridized carbons (Fsp3) is 0.867. The SMILES string of the molecule is CCOC(C)(CC)c1noc(CCC2CCCCN2)n1. The first kappa shape index (κ1) is 15.4. The van der Waals surface area contributed by atoms with Gasteiger partial charge in [-0.3, -0.25) is 0 Å². The molecule has 2 atom stereocenters. The van der Waals surface area contributed by atoms with E-state index >= 15 is 0 Å². The quantitative estimate of drug-likeness (QED) is 0.832. The zero-order valence-electron chi connectivity index (χ0n) is 12.9. The molecule has 0 saturated carbocycles. The van der Waals surface area contributed by atoms with E-state index in [1.807, 2.05) is 13.8 Å². The van der Waals surface area contributed by atoms with Crippen LogP contribution in [0.2, 0.25) is 0 Å². The molecule has 0 spiro atoms. The van der Waals surface area contributed by atoms with Crippen molar-refractivity contribution >= 4 is 0 Å². The molecule has 20 heavy (non-hydrogen) atoms. The van der Waals surface area contributed by atoms with Crippen LogP contribution in [0.1, 0.15) is 64.6 Å². The molecule has 0 aromatic carbocycles. The van der Waals surface area contributed by atoms with Crippen molar-refractivity contribution in [2.45, 2.75) is 70.9 Å². The smallest absolute Gasteiger partial charge is 0.226 e. The van der Waals surface area contributed by atoms with Gasteiger partial charge < -0.3 is 14.6 Å². The summed E-state index contributed by atoms with van der Waals surface area (Å²) in [6, 6.07) is 0.601. The molecule has 2 unspecified atom stereocenters. The van der Waals surface area contributed by atoms with Crippen molar-refractivity contribution in [2.24, 2.45) is 0 Å². The molecule has 0 aliphatic carbocycles. The van der Waals surface area contributed by atoms with Gasteiger partial charge in [0.25, 0.3) is 0 Å². The molecule has 1 aliphatic rings. The Morgan fingerprint density at radius 1 is 1.40 bits per heavy atom. The van der Waals surface area contributed by atoms with E-state index in [9.17, 15) is 0 Å². The molecule has 1 saturated heterocycles. The summed E-state index contributed by atoms with van der Waals surface area (Å²) in [7, 11) is 0. The molecule has 5 heteroatoms. The normalized spacial score (nSPS) is 22.6. The Balaban J connectivity index is 1.90. The number of hydrogen-bond donors (Lipinski definition) is 1. The Bertz CT molecular complexity index is 402. The Hall–Kier alpha value is -0.940. The number of aromatic nitrogens is 2. The van der Waals surface area contributed by atoms with Gasteiger partial charge in [0.1, 0.15) is 5.60 Å². The van der Waals surface area contributed by atoms with Crippen LogP contribution in [0.25, 0.3) is 0 Å². The topological polar surface area (TPSA) is 60.2 Å². The minimum absolute atomic E-state index is 0.431. The van der Waals surface area contributed by atoms with Crippen molar-refractivity contribution < 1.29 is 9.26 Å². The standard InChI is InChI=1S/C15H27N3O2/c1-4-15(3,19-5-2)14-17-13(20-18-14)10-9-12-8-6-7-11-16-12/h12,16H,4-11H2,1-3H3. The molecule has 0 amide bonds. The second kappa shape index (κ2) is 7.18. The number of piperidine rings is 1. The number of nitrogens with one attached hydrogen (secondary N) is 1. The van der Waals surface area contributed by atoms with Crippen molar-refractivity contribution in [3.05, 3.63) is 11.7 Å². The Morgan fingerprint density at radius 2 is 2.25 bits per heavy atom. The van der Waals surface area contributed by atoms with Crippen LogP contribution in [0.4, 0.5) is 0 Å². The third-order valence-corrected chi connectivity index (χ3v) is 4.20. The van der Waals surface area contributed by atoms with E-state index in [-0.39, 0.29) is 0 Å². The summed E-state index contributed by atoms with van der Waals surface area (Å²) in [6.07, 6.45) is 6.63. The molecular weight excluding hydrogens is 254 g/mol. The summed E-state index contributed by atoms with van der Waals surface area (Å²) >= 11 is 0. The molecule has 114 valence electrons.